The second-order valence-corrected chi connectivity index (χ2v) is 3.16. The van der Waals surface area contributed by atoms with Crippen LogP contribution < -0.4 is 4.74 Å². The van der Waals surface area contributed by atoms with Gasteiger partial charge in [-0.15, -0.1) is 0 Å². The SMILES string of the molecule is CCOc1nc(C=O)c(C(=O)OC)cc1Cl. The fourth-order valence-corrected chi connectivity index (χ4v) is 1.29. The predicted molar refractivity (Wildman–Crippen MR) is 57.1 cm³/mol. The minimum atomic E-state index is -0.667. The number of aromatic nitrogens is 1. The Balaban J connectivity index is 3.26. The molecule has 0 aliphatic heterocycles. The summed E-state index contributed by atoms with van der Waals surface area (Å²) in [5.74, 6) is -0.543. The van der Waals surface area contributed by atoms with Crippen LogP contribution in [-0.4, -0.2) is 31.0 Å². The van der Waals surface area contributed by atoms with Crippen molar-refractivity contribution in [2.24, 2.45) is 0 Å². The molecule has 1 heterocycles. The van der Waals surface area contributed by atoms with Gasteiger partial charge in [-0.05, 0) is 13.0 Å². The largest absolute Gasteiger partial charge is 0.477 e. The molecule has 0 aliphatic rings. The number of methoxy groups -OCH3 is 1. The Bertz CT molecular complexity index is 420. The lowest BCUT2D eigenvalue weighted by Gasteiger charge is -2.07. The minimum Gasteiger partial charge on any atom is -0.477 e. The van der Waals surface area contributed by atoms with Gasteiger partial charge in [0.2, 0.25) is 5.88 Å². The molecule has 0 aliphatic carbocycles. The molecule has 0 radical (unpaired) electrons. The molecule has 0 fully saturated rings. The zero-order chi connectivity index (χ0) is 12.1. The zero-order valence-electron chi connectivity index (χ0n) is 8.82. The number of halogens is 1. The van der Waals surface area contributed by atoms with Gasteiger partial charge in [0.05, 0.1) is 19.3 Å². The molecule has 0 saturated carbocycles. The molecule has 16 heavy (non-hydrogen) atoms. The van der Waals surface area contributed by atoms with Gasteiger partial charge in [-0.1, -0.05) is 11.6 Å². The Morgan fingerprint density at radius 3 is 2.81 bits per heavy atom. The maximum Gasteiger partial charge on any atom is 0.340 e. The van der Waals surface area contributed by atoms with Crippen LogP contribution in [0.4, 0.5) is 0 Å². The van der Waals surface area contributed by atoms with Crippen LogP contribution in [0, 0.1) is 0 Å². The van der Waals surface area contributed by atoms with E-state index in [1.165, 1.54) is 13.2 Å². The highest BCUT2D eigenvalue weighted by molar-refractivity contribution is 6.32. The Kier molecular flexibility index (Phi) is 4.25. The van der Waals surface area contributed by atoms with Gasteiger partial charge in [0.1, 0.15) is 10.7 Å². The van der Waals surface area contributed by atoms with Crippen molar-refractivity contribution in [3.05, 3.63) is 22.3 Å². The quantitative estimate of drug-likeness (QED) is 0.595. The summed E-state index contributed by atoms with van der Waals surface area (Å²) in [6, 6.07) is 1.30. The average Bonchev–Trinajstić information content (AvgIpc) is 2.30. The number of pyridine rings is 1. The summed E-state index contributed by atoms with van der Waals surface area (Å²) >= 11 is 5.83. The first-order valence-corrected chi connectivity index (χ1v) is 4.88. The molecular formula is C10H10ClNO4. The van der Waals surface area contributed by atoms with Crippen LogP contribution in [0.5, 0.6) is 5.88 Å². The number of ether oxygens (including phenoxy) is 2. The highest BCUT2D eigenvalue weighted by Gasteiger charge is 2.17. The van der Waals surface area contributed by atoms with E-state index >= 15 is 0 Å². The van der Waals surface area contributed by atoms with Gasteiger partial charge in [-0.2, -0.15) is 0 Å². The van der Waals surface area contributed by atoms with Crippen LogP contribution in [-0.2, 0) is 4.74 Å². The van der Waals surface area contributed by atoms with Crippen molar-refractivity contribution in [2.45, 2.75) is 6.92 Å². The number of carbonyl (C=O) groups is 2. The maximum absolute atomic E-state index is 11.3. The fourth-order valence-electron chi connectivity index (χ4n) is 1.09. The van der Waals surface area contributed by atoms with E-state index < -0.39 is 5.97 Å². The average molecular weight is 244 g/mol. The first-order chi connectivity index (χ1) is 7.63. The van der Waals surface area contributed by atoms with E-state index in [9.17, 15) is 9.59 Å². The molecule has 0 amide bonds. The normalized spacial score (nSPS) is 9.69. The first-order valence-electron chi connectivity index (χ1n) is 4.50. The third-order valence-electron chi connectivity index (χ3n) is 1.77. The molecule has 1 aromatic heterocycles. The predicted octanol–water partition coefficient (Wildman–Crippen LogP) is 1.73. The van der Waals surface area contributed by atoms with Crippen molar-refractivity contribution in [3.63, 3.8) is 0 Å². The minimum absolute atomic E-state index is 0.0194. The summed E-state index contributed by atoms with van der Waals surface area (Å²) in [5.41, 5.74) is -0.0364. The van der Waals surface area contributed by atoms with E-state index in [1.807, 2.05) is 0 Å². The van der Waals surface area contributed by atoms with Gasteiger partial charge in [0, 0.05) is 0 Å². The van der Waals surface area contributed by atoms with Crippen molar-refractivity contribution in [3.8, 4) is 5.88 Å². The van der Waals surface area contributed by atoms with Crippen LogP contribution in [0.15, 0.2) is 6.07 Å². The topological polar surface area (TPSA) is 65.5 Å². The van der Waals surface area contributed by atoms with Crippen molar-refractivity contribution in [1.82, 2.24) is 4.98 Å². The smallest absolute Gasteiger partial charge is 0.340 e. The molecule has 1 aromatic rings. The lowest BCUT2D eigenvalue weighted by atomic mass is 10.2. The van der Waals surface area contributed by atoms with Crippen LogP contribution in [0.3, 0.4) is 0 Å². The van der Waals surface area contributed by atoms with E-state index in [4.69, 9.17) is 16.3 Å². The summed E-state index contributed by atoms with van der Waals surface area (Å²) in [7, 11) is 1.21. The molecular weight excluding hydrogens is 234 g/mol. The van der Waals surface area contributed by atoms with E-state index in [0.29, 0.717) is 12.9 Å². The van der Waals surface area contributed by atoms with Crippen LogP contribution in [0.25, 0.3) is 0 Å². The first kappa shape index (κ1) is 12.4. The zero-order valence-corrected chi connectivity index (χ0v) is 9.58. The molecule has 1 rings (SSSR count). The summed E-state index contributed by atoms with van der Waals surface area (Å²) < 4.78 is 9.59. The Hall–Kier alpha value is -1.62. The Morgan fingerprint density at radius 2 is 2.31 bits per heavy atom. The third-order valence-corrected chi connectivity index (χ3v) is 2.04. The third kappa shape index (κ3) is 2.49. The number of esters is 1. The molecule has 0 aromatic carbocycles. The van der Waals surface area contributed by atoms with Crippen molar-refractivity contribution in [2.75, 3.05) is 13.7 Å². The van der Waals surface area contributed by atoms with Crippen molar-refractivity contribution < 1.29 is 19.1 Å². The summed E-state index contributed by atoms with van der Waals surface area (Å²) in [6.07, 6.45) is 0.450. The summed E-state index contributed by atoms with van der Waals surface area (Å²) in [6.45, 7) is 2.12. The lowest BCUT2D eigenvalue weighted by Crippen LogP contribution is -2.09. The van der Waals surface area contributed by atoms with E-state index in [-0.39, 0.29) is 22.2 Å². The monoisotopic (exact) mass is 243 g/mol. The van der Waals surface area contributed by atoms with Crippen LogP contribution in [0.1, 0.15) is 27.8 Å². The van der Waals surface area contributed by atoms with Crippen molar-refractivity contribution >= 4 is 23.9 Å². The molecule has 5 nitrogen and oxygen atoms in total. The summed E-state index contributed by atoms with van der Waals surface area (Å²) in [5, 5.41) is 0.160. The number of rotatable bonds is 4. The maximum atomic E-state index is 11.3. The van der Waals surface area contributed by atoms with Crippen LogP contribution >= 0.6 is 11.6 Å². The lowest BCUT2D eigenvalue weighted by molar-refractivity contribution is 0.0597. The molecule has 0 saturated heterocycles. The number of nitrogens with zero attached hydrogens (tertiary/aromatic N) is 1. The molecule has 6 heteroatoms. The molecule has 0 atom stereocenters. The highest BCUT2D eigenvalue weighted by Crippen LogP contribution is 2.24. The van der Waals surface area contributed by atoms with E-state index in [1.54, 1.807) is 6.92 Å². The van der Waals surface area contributed by atoms with Gasteiger partial charge < -0.3 is 9.47 Å². The van der Waals surface area contributed by atoms with Gasteiger partial charge >= 0.3 is 5.97 Å². The molecule has 86 valence electrons. The Morgan fingerprint density at radius 1 is 1.62 bits per heavy atom. The molecule has 0 spiro atoms. The number of carbonyl (C=O) groups excluding carboxylic acids is 2. The van der Waals surface area contributed by atoms with Gasteiger partial charge in [-0.25, -0.2) is 9.78 Å². The van der Waals surface area contributed by atoms with E-state index in [2.05, 4.69) is 9.72 Å². The number of aldehydes is 1. The molecule has 0 bridgehead atoms. The second-order valence-electron chi connectivity index (χ2n) is 2.75. The van der Waals surface area contributed by atoms with Gasteiger partial charge in [-0.3, -0.25) is 4.79 Å². The standard InChI is InChI=1S/C10H10ClNO4/c1-3-16-9-7(11)4-6(10(14)15-2)8(5-13)12-9/h4-5H,3H2,1-2H3. The second kappa shape index (κ2) is 5.46. The number of hydrogen-bond acceptors (Lipinski definition) is 5. The number of hydrogen-bond donors (Lipinski definition) is 0. The summed E-state index contributed by atoms with van der Waals surface area (Å²) in [4.78, 5) is 25.9. The van der Waals surface area contributed by atoms with Crippen LogP contribution in [0.2, 0.25) is 5.02 Å². The molecule has 0 unspecified atom stereocenters. The van der Waals surface area contributed by atoms with E-state index in [0.717, 1.165) is 0 Å². The van der Waals surface area contributed by atoms with Crippen molar-refractivity contribution in [1.29, 1.82) is 0 Å². The van der Waals surface area contributed by atoms with Gasteiger partial charge in [0.25, 0.3) is 0 Å². The van der Waals surface area contributed by atoms with Gasteiger partial charge in [0.15, 0.2) is 6.29 Å². The molecule has 0 N–H and O–H groups in total. The fraction of sp³-hybridized carbons (Fsp3) is 0.300. The highest BCUT2D eigenvalue weighted by atomic mass is 35.5. The Labute approximate surface area is 97.3 Å².